The molecule has 0 radical (unpaired) electrons. The zero-order valence-electron chi connectivity index (χ0n) is 12.0. The average Bonchev–Trinajstić information content (AvgIpc) is 2.84. The molecule has 1 fully saturated rings. The minimum Gasteiger partial charge on any atom is -0.346 e. The topological polar surface area (TPSA) is 58.4 Å². The van der Waals surface area contributed by atoms with Crippen LogP contribution < -0.4 is 11.1 Å². The second-order valence-electron chi connectivity index (χ2n) is 5.33. The van der Waals surface area contributed by atoms with E-state index >= 15 is 0 Å². The lowest BCUT2D eigenvalue weighted by molar-refractivity contribution is -0.141. The van der Waals surface area contributed by atoms with Crippen molar-refractivity contribution < 1.29 is 18.0 Å². The monoisotopic (exact) mass is 295 g/mol. The fourth-order valence-electron chi connectivity index (χ4n) is 3.01. The molecule has 0 spiro atoms. The lowest BCUT2D eigenvalue weighted by Gasteiger charge is -2.35. The lowest BCUT2D eigenvalue weighted by atomic mass is 10.0. The highest BCUT2D eigenvalue weighted by atomic mass is 19.4. The Hall–Kier alpha value is -0.820. The summed E-state index contributed by atoms with van der Waals surface area (Å²) in [5.74, 6) is -0.250. The Balaban J connectivity index is 2.62. The van der Waals surface area contributed by atoms with Gasteiger partial charge in [0.05, 0.1) is 6.04 Å². The van der Waals surface area contributed by atoms with Crippen molar-refractivity contribution in [1.82, 2.24) is 10.2 Å². The minimum atomic E-state index is -4.38. The summed E-state index contributed by atoms with van der Waals surface area (Å²) in [5.41, 5.74) is 5.73. The fourth-order valence-corrected chi connectivity index (χ4v) is 3.01. The SMILES string of the molecule is CCN(C(C)C(=O)NCC(F)(F)F)C1CCCC1CN. The highest BCUT2D eigenvalue weighted by molar-refractivity contribution is 5.81. The fraction of sp³-hybridized carbons (Fsp3) is 0.923. The molecule has 3 unspecified atom stereocenters. The van der Waals surface area contributed by atoms with Crippen LogP contribution in [0.4, 0.5) is 13.2 Å². The van der Waals surface area contributed by atoms with E-state index in [9.17, 15) is 18.0 Å². The Morgan fingerprint density at radius 1 is 1.45 bits per heavy atom. The number of nitrogens with two attached hydrogens (primary N) is 1. The third-order valence-electron chi connectivity index (χ3n) is 4.05. The van der Waals surface area contributed by atoms with Crippen LogP contribution in [0.1, 0.15) is 33.1 Å². The van der Waals surface area contributed by atoms with Gasteiger partial charge in [0.25, 0.3) is 0 Å². The highest BCUT2D eigenvalue weighted by Crippen LogP contribution is 2.30. The Morgan fingerprint density at radius 3 is 2.60 bits per heavy atom. The van der Waals surface area contributed by atoms with Crippen molar-refractivity contribution in [3.63, 3.8) is 0 Å². The smallest absolute Gasteiger partial charge is 0.346 e. The molecule has 7 heteroatoms. The van der Waals surface area contributed by atoms with E-state index in [-0.39, 0.29) is 6.04 Å². The van der Waals surface area contributed by atoms with E-state index in [0.29, 0.717) is 19.0 Å². The molecule has 1 aliphatic carbocycles. The first-order valence-corrected chi connectivity index (χ1v) is 7.10. The molecule has 0 aromatic heterocycles. The molecule has 1 aliphatic rings. The molecule has 3 N–H and O–H groups in total. The molecule has 1 rings (SSSR count). The van der Waals surface area contributed by atoms with E-state index in [1.807, 2.05) is 17.1 Å². The number of hydrogen-bond acceptors (Lipinski definition) is 3. The molecule has 3 atom stereocenters. The molecule has 1 saturated carbocycles. The third kappa shape index (κ3) is 4.63. The molecule has 0 bridgehead atoms. The van der Waals surface area contributed by atoms with E-state index < -0.39 is 24.7 Å². The summed E-state index contributed by atoms with van der Waals surface area (Å²) in [7, 11) is 0. The summed E-state index contributed by atoms with van der Waals surface area (Å²) in [6.07, 6.45) is -1.35. The zero-order valence-corrected chi connectivity index (χ0v) is 12.0. The summed E-state index contributed by atoms with van der Waals surface area (Å²) in [5, 5.41) is 1.96. The molecular weight excluding hydrogens is 271 g/mol. The maximum Gasteiger partial charge on any atom is 0.405 e. The standard InChI is InChI=1S/C13H24F3N3O/c1-3-19(11-6-4-5-10(11)7-17)9(2)12(20)18-8-13(14,15)16/h9-11H,3-8,17H2,1-2H3,(H,18,20). The van der Waals surface area contributed by atoms with Crippen LogP contribution >= 0.6 is 0 Å². The molecule has 0 saturated heterocycles. The first-order valence-electron chi connectivity index (χ1n) is 7.10. The maximum atomic E-state index is 12.1. The molecule has 1 amide bonds. The number of nitrogens with zero attached hydrogens (tertiary/aromatic N) is 1. The summed E-state index contributed by atoms with van der Waals surface area (Å²) >= 11 is 0. The van der Waals surface area contributed by atoms with Crippen molar-refractivity contribution in [3.05, 3.63) is 0 Å². The van der Waals surface area contributed by atoms with Crippen LogP contribution in [0.15, 0.2) is 0 Å². The molecule has 20 heavy (non-hydrogen) atoms. The lowest BCUT2D eigenvalue weighted by Crippen LogP contribution is -2.52. The summed E-state index contributed by atoms with van der Waals surface area (Å²) in [4.78, 5) is 13.8. The van der Waals surface area contributed by atoms with Gasteiger partial charge in [0.1, 0.15) is 6.54 Å². The number of carbonyl (C=O) groups excluding carboxylic acids is 1. The summed E-state index contributed by atoms with van der Waals surface area (Å²) in [6.45, 7) is 3.47. The second kappa shape index (κ2) is 7.26. The van der Waals surface area contributed by atoms with Crippen molar-refractivity contribution in [2.45, 2.75) is 51.4 Å². The Labute approximate surface area is 117 Å². The van der Waals surface area contributed by atoms with Gasteiger partial charge in [-0.25, -0.2) is 0 Å². The zero-order chi connectivity index (χ0) is 15.3. The Kier molecular flexibility index (Phi) is 6.26. The second-order valence-corrected chi connectivity index (χ2v) is 5.33. The van der Waals surface area contributed by atoms with Gasteiger partial charge in [-0.3, -0.25) is 9.69 Å². The van der Waals surface area contributed by atoms with Gasteiger partial charge >= 0.3 is 6.18 Å². The average molecular weight is 295 g/mol. The van der Waals surface area contributed by atoms with E-state index in [2.05, 4.69) is 0 Å². The van der Waals surface area contributed by atoms with Crippen LogP contribution in [0.25, 0.3) is 0 Å². The van der Waals surface area contributed by atoms with E-state index in [0.717, 1.165) is 19.3 Å². The summed E-state index contributed by atoms with van der Waals surface area (Å²) < 4.78 is 36.4. The van der Waals surface area contributed by atoms with E-state index in [1.54, 1.807) is 6.92 Å². The van der Waals surface area contributed by atoms with Gasteiger partial charge in [-0.1, -0.05) is 13.3 Å². The van der Waals surface area contributed by atoms with E-state index in [1.165, 1.54) is 0 Å². The number of hydrogen-bond donors (Lipinski definition) is 2. The number of amides is 1. The molecule has 0 aliphatic heterocycles. The van der Waals surface area contributed by atoms with Crippen LogP contribution in [0, 0.1) is 5.92 Å². The normalized spacial score (nSPS) is 24.9. The van der Waals surface area contributed by atoms with Gasteiger partial charge in [0.2, 0.25) is 5.91 Å². The van der Waals surface area contributed by atoms with Gasteiger partial charge in [-0.2, -0.15) is 13.2 Å². The van der Waals surface area contributed by atoms with Crippen molar-refractivity contribution in [2.75, 3.05) is 19.6 Å². The quantitative estimate of drug-likeness (QED) is 0.781. The summed E-state index contributed by atoms with van der Waals surface area (Å²) in [6, 6.07) is -0.379. The molecule has 118 valence electrons. The molecular formula is C13H24F3N3O. The first-order chi connectivity index (χ1) is 9.30. The van der Waals surface area contributed by atoms with Crippen molar-refractivity contribution in [3.8, 4) is 0 Å². The number of rotatable bonds is 6. The van der Waals surface area contributed by atoms with Crippen LogP contribution in [0.5, 0.6) is 0 Å². The third-order valence-corrected chi connectivity index (χ3v) is 4.05. The molecule has 4 nitrogen and oxygen atoms in total. The van der Waals surface area contributed by atoms with Crippen molar-refractivity contribution >= 4 is 5.91 Å². The predicted molar refractivity (Wildman–Crippen MR) is 71.1 cm³/mol. The number of likely N-dealkylation sites (N-methyl/N-ethyl adjacent to an activating group) is 1. The number of alkyl halides is 3. The van der Waals surface area contributed by atoms with Gasteiger partial charge in [-0.15, -0.1) is 0 Å². The largest absolute Gasteiger partial charge is 0.405 e. The maximum absolute atomic E-state index is 12.1. The van der Waals surface area contributed by atoms with Crippen LogP contribution in [0.3, 0.4) is 0 Å². The Bertz CT molecular complexity index is 322. The number of carbonyl (C=O) groups is 1. The molecule has 0 heterocycles. The molecule has 0 aromatic carbocycles. The first kappa shape index (κ1) is 17.2. The van der Waals surface area contributed by atoms with Crippen molar-refractivity contribution in [2.24, 2.45) is 11.7 Å². The number of nitrogens with one attached hydrogen (secondary N) is 1. The van der Waals surface area contributed by atoms with Gasteiger partial charge in [0.15, 0.2) is 0 Å². The van der Waals surface area contributed by atoms with E-state index in [4.69, 9.17) is 5.73 Å². The predicted octanol–water partition coefficient (Wildman–Crippen LogP) is 1.50. The van der Waals surface area contributed by atoms with Gasteiger partial charge < -0.3 is 11.1 Å². The van der Waals surface area contributed by atoms with Crippen LogP contribution in [-0.2, 0) is 4.79 Å². The highest BCUT2D eigenvalue weighted by Gasteiger charge is 2.36. The Morgan fingerprint density at radius 2 is 2.10 bits per heavy atom. The molecule has 0 aromatic rings. The van der Waals surface area contributed by atoms with Gasteiger partial charge in [0, 0.05) is 6.04 Å². The van der Waals surface area contributed by atoms with Gasteiger partial charge in [-0.05, 0) is 38.8 Å². The van der Waals surface area contributed by atoms with Crippen molar-refractivity contribution in [1.29, 1.82) is 0 Å². The van der Waals surface area contributed by atoms with Crippen LogP contribution in [0.2, 0.25) is 0 Å². The number of halogens is 3. The minimum absolute atomic E-state index is 0.191. The van der Waals surface area contributed by atoms with Crippen LogP contribution in [-0.4, -0.2) is 48.7 Å².